The second-order valence-corrected chi connectivity index (χ2v) is 8.46. The highest BCUT2D eigenvalue weighted by atomic mass is 19.1. The Labute approximate surface area is 208 Å². The van der Waals surface area contributed by atoms with E-state index in [0.29, 0.717) is 28.2 Å². The van der Waals surface area contributed by atoms with E-state index in [9.17, 15) is 4.79 Å². The van der Waals surface area contributed by atoms with Crippen molar-refractivity contribution in [3.05, 3.63) is 114 Å². The second kappa shape index (κ2) is 10.0. The number of nitrogens with two attached hydrogens (primary N) is 1. The Kier molecular flexibility index (Phi) is 6.47. The molecule has 6 nitrogen and oxygen atoms in total. The van der Waals surface area contributed by atoms with Crippen LogP contribution in [0.4, 0.5) is 10.1 Å². The zero-order valence-corrected chi connectivity index (χ0v) is 19.6. The highest BCUT2D eigenvalue weighted by Crippen LogP contribution is 2.34. The number of carbonyl (C=O) groups excluding carboxylic acids is 1. The van der Waals surface area contributed by atoms with Crippen molar-refractivity contribution in [3.63, 3.8) is 0 Å². The van der Waals surface area contributed by atoms with Crippen molar-refractivity contribution in [2.45, 2.75) is 12.0 Å². The van der Waals surface area contributed by atoms with Gasteiger partial charge in [-0.25, -0.2) is 9.37 Å². The van der Waals surface area contributed by atoms with Gasteiger partial charge in [0.2, 0.25) is 11.8 Å². The molecule has 3 aromatic carbocycles. The Hall–Kier alpha value is -4.49. The highest BCUT2D eigenvalue weighted by Gasteiger charge is 2.28. The van der Waals surface area contributed by atoms with Gasteiger partial charge in [0, 0.05) is 40.5 Å². The number of pyridine rings is 1. The van der Waals surface area contributed by atoms with Gasteiger partial charge in [-0.3, -0.25) is 4.79 Å². The van der Waals surface area contributed by atoms with Gasteiger partial charge < -0.3 is 20.8 Å². The Morgan fingerprint density at radius 1 is 0.972 bits per heavy atom. The van der Waals surface area contributed by atoms with Gasteiger partial charge in [0.25, 0.3) is 0 Å². The number of fused-ring (bicyclic) bond motifs is 1. The molecule has 36 heavy (non-hydrogen) atoms. The number of rotatable bonds is 7. The molecule has 2 heterocycles. The summed E-state index contributed by atoms with van der Waals surface area (Å²) in [6, 6.07) is 24.8. The maximum atomic E-state index is 15.2. The predicted octanol–water partition coefficient (Wildman–Crippen LogP) is 5.48. The third-order valence-corrected chi connectivity index (χ3v) is 6.26. The van der Waals surface area contributed by atoms with E-state index < -0.39 is 17.8 Å². The molecule has 2 aromatic heterocycles. The summed E-state index contributed by atoms with van der Waals surface area (Å²) in [5, 5.41) is 3.57. The van der Waals surface area contributed by atoms with Gasteiger partial charge in [-0.2, -0.15) is 0 Å². The molecule has 1 amide bonds. The van der Waals surface area contributed by atoms with Crippen LogP contribution in [0.5, 0.6) is 5.88 Å². The van der Waals surface area contributed by atoms with E-state index in [2.05, 4.69) is 15.3 Å². The van der Waals surface area contributed by atoms with Gasteiger partial charge in [0.15, 0.2) is 0 Å². The maximum absolute atomic E-state index is 15.2. The molecule has 0 unspecified atom stereocenters. The third kappa shape index (κ3) is 4.44. The number of aromatic nitrogens is 2. The van der Waals surface area contributed by atoms with Crippen LogP contribution in [0, 0.1) is 5.82 Å². The molecule has 0 radical (unpaired) electrons. The van der Waals surface area contributed by atoms with Crippen molar-refractivity contribution in [2.75, 3.05) is 12.4 Å². The molecule has 180 valence electrons. The number of methoxy groups -OCH3 is 1. The van der Waals surface area contributed by atoms with Gasteiger partial charge in [0.05, 0.1) is 13.2 Å². The number of anilines is 1. The molecule has 0 saturated heterocycles. The SMILES string of the molecule is COc1ncc(-c2ccc(NC(=O)[C@@H](N)C(c3ccccc3)c3ccccc3)cc2F)c2cc[nH]c12. The van der Waals surface area contributed by atoms with Crippen molar-refractivity contribution >= 4 is 22.5 Å². The Bertz CT molecular complexity index is 1460. The van der Waals surface area contributed by atoms with Gasteiger partial charge in [0.1, 0.15) is 11.3 Å². The summed E-state index contributed by atoms with van der Waals surface area (Å²) in [5.41, 5.74) is 10.3. The van der Waals surface area contributed by atoms with Crippen LogP contribution in [0.1, 0.15) is 17.0 Å². The van der Waals surface area contributed by atoms with Crippen molar-refractivity contribution in [3.8, 4) is 17.0 Å². The Morgan fingerprint density at radius 3 is 2.25 bits per heavy atom. The van der Waals surface area contributed by atoms with E-state index in [0.717, 1.165) is 16.5 Å². The first-order chi connectivity index (χ1) is 17.6. The van der Waals surface area contributed by atoms with E-state index in [-0.39, 0.29) is 5.92 Å². The Morgan fingerprint density at radius 2 is 1.64 bits per heavy atom. The average Bonchev–Trinajstić information content (AvgIpc) is 3.40. The lowest BCUT2D eigenvalue weighted by Gasteiger charge is -2.24. The summed E-state index contributed by atoms with van der Waals surface area (Å²) in [6.45, 7) is 0. The van der Waals surface area contributed by atoms with Crippen LogP contribution < -0.4 is 15.8 Å². The predicted molar refractivity (Wildman–Crippen MR) is 139 cm³/mol. The zero-order chi connectivity index (χ0) is 25.1. The van der Waals surface area contributed by atoms with Crippen LogP contribution in [-0.4, -0.2) is 29.0 Å². The monoisotopic (exact) mass is 480 g/mol. The number of aromatic amines is 1. The van der Waals surface area contributed by atoms with Crippen molar-refractivity contribution in [1.29, 1.82) is 0 Å². The third-order valence-electron chi connectivity index (χ3n) is 6.26. The molecular formula is C29H25FN4O2. The Balaban J connectivity index is 1.41. The van der Waals surface area contributed by atoms with Gasteiger partial charge in [-0.15, -0.1) is 0 Å². The first-order valence-electron chi connectivity index (χ1n) is 11.5. The molecule has 5 aromatic rings. The first-order valence-corrected chi connectivity index (χ1v) is 11.5. The summed E-state index contributed by atoms with van der Waals surface area (Å²) in [4.78, 5) is 20.5. The van der Waals surface area contributed by atoms with Crippen molar-refractivity contribution < 1.29 is 13.9 Å². The molecule has 0 aliphatic rings. The minimum Gasteiger partial charge on any atom is -0.479 e. The quantitative estimate of drug-likeness (QED) is 0.288. The maximum Gasteiger partial charge on any atom is 0.242 e. The van der Waals surface area contributed by atoms with E-state index in [4.69, 9.17) is 10.5 Å². The number of nitrogens with one attached hydrogen (secondary N) is 2. The lowest BCUT2D eigenvalue weighted by molar-refractivity contribution is -0.117. The standard InChI is InChI=1S/C29H25FN4O2/c1-36-29-27-22(14-15-32-27)23(17-33-29)21-13-12-20(16-24(21)30)34-28(35)26(31)25(18-8-4-2-5-9-18)19-10-6-3-7-11-19/h2-17,25-26,32H,31H2,1H3,(H,34,35)/t26-/m0/s1. The number of ether oxygens (including phenoxy) is 1. The summed E-state index contributed by atoms with van der Waals surface area (Å²) in [7, 11) is 1.53. The zero-order valence-electron chi connectivity index (χ0n) is 19.6. The summed E-state index contributed by atoms with van der Waals surface area (Å²) >= 11 is 0. The van der Waals surface area contributed by atoms with Crippen LogP contribution in [0.3, 0.4) is 0 Å². The highest BCUT2D eigenvalue weighted by molar-refractivity contribution is 5.98. The van der Waals surface area contributed by atoms with Crippen LogP contribution in [0.15, 0.2) is 97.3 Å². The molecule has 0 aliphatic heterocycles. The summed E-state index contributed by atoms with van der Waals surface area (Å²) < 4.78 is 20.5. The fourth-order valence-corrected chi connectivity index (χ4v) is 4.51. The lowest BCUT2D eigenvalue weighted by atomic mass is 9.85. The van der Waals surface area contributed by atoms with Crippen LogP contribution >= 0.6 is 0 Å². The molecule has 0 bridgehead atoms. The first kappa shape index (κ1) is 23.3. The van der Waals surface area contributed by atoms with E-state index in [1.807, 2.05) is 66.7 Å². The molecule has 7 heteroatoms. The van der Waals surface area contributed by atoms with E-state index >= 15 is 4.39 Å². The van der Waals surface area contributed by atoms with Gasteiger partial charge in [-0.1, -0.05) is 60.7 Å². The fourth-order valence-electron chi connectivity index (χ4n) is 4.51. The smallest absolute Gasteiger partial charge is 0.242 e. The van der Waals surface area contributed by atoms with Crippen LogP contribution in [-0.2, 0) is 4.79 Å². The number of hydrogen-bond acceptors (Lipinski definition) is 4. The minimum absolute atomic E-state index is 0.323. The number of nitrogens with zero attached hydrogens (tertiary/aromatic N) is 1. The van der Waals surface area contributed by atoms with Crippen LogP contribution in [0.25, 0.3) is 22.0 Å². The normalized spacial score (nSPS) is 12.0. The average molecular weight is 481 g/mol. The molecule has 0 saturated carbocycles. The molecule has 0 spiro atoms. The number of benzene rings is 3. The van der Waals surface area contributed by atoms with Gasteiger partial charge in [-0.05, 0) is 35.4 Å². The number of halogens is 1. The lowest BCUT2D eigenvalue weighted by Crippen LogP contribution is -2.41. The molecule has 4 N–H and O–H groups in total. The fraction of sp³-hybridized carbons (Fsp3) is 0.103. The molecule has 0 aliphatic carbocycles. The van der Waals surface area contributed by atoms with Crippen LogP contribution in [0.2, 0.25) is 0 Å². The second-order valence-electron chi connectivity index (χ2n) is 8.46. The molecule has 5 rings (SSSR count). The number of carbonyl (C=O) groups is 1. The molecule has 0 fully saturated rings. The number of amides is 1. The number of H-pyrrole nitrogens is 1. The number of hydrogen-bond donors (Lipinski definition) is 3. The van der Waals surface area contributed by atoms with Crippen molar-refractivity contribution in [1.82, 2.24) is 9.97 Å². The summed E-state index contributed by atoms with van der Waals surface area (Å²) in [5.74, 6) is -0.815. The largest absolute Gasteiger partial charge is 0.479 e. The molecular weight excluding hydrogens is 455 g/mol. The van der Waals surface area contributed by atoms with Gasteiger partial charge >= 0.3 is 0 Å². The van der Waals surface area contributed by atoms with E-state index in [1.54, 1.807) is 24.5 Å². The minimum atomic E-state index is -0.886. The van der Waals surface area contributed by atoms with E-state index in [1.165, 1.54) is 13.2 Å². The van der Waals surface area contributed by atoms with Crippen molar-refractivity contribution in [2.24, 2.45) is 5.73 Å². The molecule has 1 atom stereocenters. The summed E-state index contributed by atoms with van der Waals surface area (Å²) in [6.07, 6.45) is 3.33. The topological polar surface area (TPSA) is 93.0 Å².